The molecule has 1 aromatic carbocycles. The number of fused-ring (bicyclic) bond motifs is 1. The molecule has 0 N–H and O–H groups in total. The predicted molar refractivity (Wildman–Crippen MR) is 151 cm³/mol. The maximum Gasteiger partial charge on any atom is 0.332 e. The van der Waals surface area contributed by atoms with Crippen LogP contribution in [-0.4, -0.2) is 58.7 Å². The number of hydrogen-bond donors (Lipinski definition) is 0. The van der Waals surface area contributed by atoms with Gasteiger partial charge in [0.1, 0.15) is 5.82 Å². The zero-order valence-electron chi connectivity index (χ0n) is 23.3. The van der Waals surface area contributed by atoms with Gasteiger partial charge in [-0.1, -0.05) is 20.3 Å². The number of aromatic nitrogens is 4. The molecule has 0 atom stereocenters. The van der Waals surface area contributed by atoms with Crippen molar-refractivity contribution >= 4 is 33.3 Å². The van der Waals surface area contributed by atoms with Crippen LogP contribution in [0.15, 0.2) is 26.6 Å². The lowest BCUT2D eigenvalue weighted by atomic mass is 10.2. The van der Waals surface area contributed by atoms with Crippen LogP contribution in [0.1, 0.15) is 57.3 Å². The quantitative estimate of drug-likeness (QED) is 0.375. The number of benzene rings is 1. The topological polar surface area (TPSA) is 118 Å². The minimum absolute atomic E-state index is 0.102. The summed E-state index contributed by atoms with van der Waals surface area (Å²) in [6, 6.07) is 3.11. The first-order chi connectivity index (χ1) is 18.7. The number of methoxy groups -OCH3 is 2. The maximum absolute atomic E-state index is 13.7. The van der Waals surface area contributed by atoms with Crippen LogP contribution >= 0.6 is 0 Å². The summed E-state index contributed by atoms with van der Waals surface area (Å²) in [4.78, 5) is 31.1. The van der Waals surface area contributed by atoms with Crippen molar-refractivity contribution in [3.63, 3.8) is 0 Å². The molecule has 0 aliphatic carbocycles. The van der Waals surface area contributed by atoms with Crippen molar-refractivity contribution in [1.82, 2.24) is 23.0 Å². The number of piperidine rings is 1. The van der Waals surface area contributed by atoms with E-state index in [1.54, 1.807) is 29.8 Å². The van der Waals surface area contributed by atoms with Crippen molar-refractivity contribution in [3.8, 4) is 11.5 Å². The fourth-order valence-corrected chi connectivity index (χ4v) is 6.71. The van der Waals surface area contributed by atoms with Crippen LogP contribution in [0.5, 0.6) is 11.5 Å². The molecule has 12 heteroatoms. The van der Waals surface area contributed by atoms with Gasteiger partial charge < -0.3 is 14.0 Å². The Morgan fingerprint density at radius 2 is 1.54 bits per heavy atom. The normalized spacial score (nSPS) is 14.9. The monoisotopic (exact) mass is 559 g/mol. The number of nitrogens with zero attached hydrogens (tertiary/aromatic N) is 5. The van der Waals surface area contributed by atoms with Gasteiger partial charge in [0.15, 0.2) is 22.7 Å². The van der Waals surface area contributed by atoms with Crippen molar-refractivity contribution in [2.24, 2.45) is 7.05 Å². The fourth-order valence-electron chi connectivity index (χ4n) is 5.01. The molecular formula is C27H37N5O6S. The van der Waals surface area contributed by atoms with Crippen molar-refractivity contribution in [1.29, 1.82) is 0 Å². The zero-order chi connectivity index (χ0) is 28.3. The highest BCUT2D eigenvalue weighted by Crippen LogP contribution is 2.35. The third kappa shape index (κ3) is 5.27. The van der Waals surface area contributed by atoms with E-state index in [9.17, 15) is 18.0 Å². The van der Waals surface area contributed by atoms with Gasteiger partial charge in [-0.2, -0.15) is 4.31 Å². The van der Waals surface area contributed by atoms with E-state index in [1.165, 1.54) is 33.7 Å². The molecule has 4 rings (SSSR count). The molecule has 0 unspecified atom stereocenters. The summed E-state index contributed by atoms with van der Waals surface area (Å²) < 4.78 is 44.2. The smallest absolute Gasteiger partial charge is 0.332 e. The van der Waals surface area contributed by atoms with E-state index < -0.39 is 15.6 Å². The third-order valence-corrected chi connectivity index (χ3v) is 8.99. The van der Waals surface area contributed by atoms with E-state index >= 15 is 0 Å². The van der Waals surface area contributed by atoms with Gasteiger partial charge in [0.2, 0.25) is 10.0 Å². The average Bonchev–Trinajstić information content (AvgIpc) is 3.27. The molecule has 3 aromatic rings. The first kappa shape index (κ1) is 28.6. The molecular weight excluding hydrogens is 522 g/mol. The lowest BCUT2D eigenvalue weighted by Gasteiger charge is -2.27. The number of sulfonamides is 1. The molecule has 39 heavy (non-hydrogen) atoms. The van der Waals surface area contributed by atoms with Crippen LogP contribution < -0.4 is 20.7 Å². The minimum Gasteiger partial charge on any atom is -0.493 e. The van der Waals surface area contributed by atoms with E-state index in [2.05, 4.69) is 4.98 Å². The first-order valence-electron chi connectivity index (χ1n) is 13.3. The van der Waals surface area contributed by atoms with Gasteiger partial charge >= 0.3 is 5.69 Å². The molecule has 212 valence electrons. The lowest BCUT2D eigenvalue weighted by Crippen LogP contribution is -2.40. The van der Waals surface area contributed by atoms with Crippen molar-refractivity contribution in [2.45, 2.75) is 63.9 Å². The standard InChI is InChI=1S/C27H37N5O6S/c1-6-13-31-25-24(26(33)32(14-7-2)27(31)34)29(3)23(28-25)12-11-19-17-20(37-4)21(38-5)18-22(19)39(35,36)30-15-9-8-10-16-30/h11-12,17-18H,6-10,13-16H2,1-5H3. The van der Waals surface area contributed by atoms with Crippen LogP contribution in [0.2, 0.25) is 0 Å². The van der Waals surface area contributed by atoms with Crippen LogP contribution in [0.3, 0.4) is 0 Å². The summed E-state index contributed by atoms with van der Waals surface area (Å²) in [5, 5.41) is 0. The van der Waals surface area contributed by atoms with Crippen molar-refractivity contribution in [2.75, 3.05) is 27.3 Å². The third-order valence-electron chi connectivity index (χ3n) is 7.03. The van der Waals surface area contributed by atoms with Crippen LogP contribution in [-0.2, 0) is 30.2 Å². The Bertz CT molecular complexity index is 1610. The number of ether oxygens (including phenoxy) is 2. The molecule has 0 amide bonds. The Kier molecular flexibility index (Phi) is 8.65. The largest absolute Gasteiger partial charge is 0.493 e. The molecule has 11 nitrogen and oxygen atoms in total. The van der Waals surface area contributed by atoms with Gasteiger partial charge in [-0.25, -0.2) is 18.2 Å². The summed E-state index contributed by atoms with van der Waals surface area (Å²) in [5.41, 5.74) is 0.275. The Morgan fingerprint density at radius 1 is 0.923 bits per heavy atom. The second-order valence-corrected chi connectivity index (χ2v) is 11.5. The average molecular weight is 560 g/mol. The van der Waals surface area contributed by atoms with Gasteiger partial charge in [0, 0.05) is 39.3 Å². The highest BCUT2D eigenvalue weighted by molar-refractivity contribution is 7.89. The van der Waals surface area contributed by atoms with Gasteiger partial charge in [0.05, 0.1) is 19.1 Å². The van der Waals surface area contributed by atoms with Crippen LogP contribution in [0.25, 0.3) is 23.3 Å². The Hall–Kier alpha value is -3.38. The molecule has 0 saturated carbocycles. The molecule has 0 radical (unpaired) electrons. The van der Waals surface area contributed by atoms with Crippen molar-refractivity contribution in [3.05, 3.63) is 44.4 Å². The highest BCUT2D eigenvalue weighted by atomic mass is 32.2. The van der Waals surface area contributed by atoms with E-state index in [1.807, 2.05) is 13.8 Å². The summed E-state index contributed by atoms with van der Waals surface area (Å²) in [7, 11) is 0.862. The molecule has 0 bridgehead atoms. The number of rotatable bonds is 10. The highest BCUT2D eigenvalue weighted by Gasteiger charge is 2.29. The number of aryl methyl sites for hydroxylation is 2. The zero-order valence-corrected chi connectivity index (χ0v) is 24.1. The Labute approximate surface area is 228 Å². The van der Waals surface area contributed by atoms with Gasteiger partial charge in [-0.15, -0.1) is 0 Å². The molecule has 2 aromatic heterocycles. The van der Waals surface area contributed by atoms with Crippen LogP contribution in [0.4, 0.5) is 0 Å². The Morgan fingerprint density at radius 3 is 2.15 bits per heavy atom. The summed E-state index contributed by atoms with van der Waals surface area (Å²) in [5.74, 6) is 1.11. The SMILES string of the molecule is CCCn1c(=O)c2c(nc(C=Cc3cc(OC)c(OC)cc3S(=O)(=O)N3CCCCC3)n2C)n(CCC)c1=O. The second kappa shape index (κ2) is 11.8. The van der Waals surface area contributed by atoms with Gasteiger partial charge in [0.25, 0.3) is 5.56 Å². The summed E-state index contributed by atoms with van der Waals surface area (Å²) >= 11 is 0. The minimum atomic E-state index is -3.81. The van der Waals surface area contributed by atoms with E-state index in [4.69, 9.17) is 9.47 Å². The summed E-state index contributed by atoms with van der Waals surface area (Å²) in [6.07, 6.45) is 7.27. The van der Waals surface area contributed by atoms with Crippen LogP contribution in [0, 0.1) is 0 Å². The maximum atomic E-state index is 13.7. The fraction of sp³-hybridized carbons (Fsp3) is 0.519. The molecule has 3 heterocycles. The lowest BCUT2D eigenvalue weighted by molar-refractivity contribution is 0.343. The number of imidazole rings is 1. The van der Waals surface area contributed by atoms with E-state index in [0.717, 1.165) is 19.3 Å². The molecule has 1 fully saturated rings. The van der Waals surface area contributed by atoms with Gasteiger partial charge in [-0.3, -0.25) is 13.9 Å². The van der Waals surface area contributed by atoms with E-state index in [-0.39, 0.29) is 10.6 Å². The first-order valence-corrected chi connectivity index (χ1v) is 14.8. The predicted octanol–water partition coefficient (Wildman–Crippen LogP) is 3.08. The second-order valence-electron chi connectivity index (χ2n) is 9.64. The number of hydrogen-bond acceptors (Lipinski definition) is 7. The van der Waals surface area contributed by atoms with Gasteiger partial charge in [-0.05, 0) is 49.5 Å². The molecule has 0 spiro atoms. The van der Waals surface area contributed by atoms with Crippen molar-refractivity contribution < 1.29 is 17.9 Å². The van der Waals surface area contributed by atoms with E-state index in [0.29, 0.717) is 73.1 Å². The molecule has 1 aliphatic rings. The summed E-state index contributed by atoms with van der Waals surface area (Å²) in [6.45, 7) is 5.53. The Balaban J connectivity index is 1.89. The molecule has 1 aliphatic heterocycles. The molecule has 1 saturated heterocycles.